The van der Waals surface area contributed by atoms with E-state index in [-0.39, 0.29) is 19.1 Å². The molecular weight excluding hydrogens is 412 g/mol. The molecule has 0 unspecified atom stereocenters. The molecule has 4 aromatic rings. The topological polar surface area (TPSA) is 108 Å². The molecule has 162 valence electrons. The van der Waals surface area contributed by atoms with Crippen molar-refractivity contribution in [2.45, 2.75) is 32.4 Å². The van der Waals surface area contributed by atoms with Gasteiger partial charge >= 0.3 is 0 Å². The highest BCUT2D eigenvalue weighted by Gasteiger charge is 2.15. The van der Waals surface area contributed by atoms with Gasteiger partial charge in [0.05, 0.1) is 18.9 Å². The number of thiophene rings is 1. The second-order valence-electron chi connectivity index (χ2n) is 7.61. The van der Waals surface area contributed by atoms with Gasteiger partial charge in [0, 0.05) is 23.5 Å². The van der Waals surface area contributed by atoms with E-state index in [4.69, 9.17) is 5.11 Å². The monoisotopic (exact) mass is 438 g/mol. The fourth-order valence-electron chi connectivity index (χ4n) is 3.18. The molecule has 0 spiro atoms. The number of fused-ring (bicyclic) bond motifs is 1. The molecule has 1 atom stereocenters. The molecule has 0 saturated carbocycles. The van der Waals surface area contributed by atoms with Crippen LogP contribution in [0.25, 0.3) is 16.1 Å². The molecule has 1 aromatic carbocycles. The number of aromatic nitrogens is 4. The Morgan fingerprint density at radius 3 is 2.58 bits per heavy atom. The largest absolute Gasteiger partial charge is 0.394 e. The van der Waals surface area contributed by atoms with Crippen LogP contribution >= 0.6 is 11.3 Å². The van der Waals surface area contributed by atoms with Crippen LogP contribution in [0.15, 0.2) is 48.0 Å². The van der Waals surface area contributed by atoms with Crippen molar-refractivity contribution < 1.29 is 10.2 Å². The highest BCUT2D eigenvalue weighted by molar-refractivity contribution is 7.13. The molecule has 0 aliphatic heterocycles. The summed E-state index contributed by atoms with van der Waals surface area (Å²) < 4.78 is 1.70. The first kappa shape index (κ1) is 21.2. The minimum Gasteiger partial charge on any atom is -0.394 e. The van der Waals surface area contributed by atoms with Crippen molar-refractivity contribution in [3.63, 3.8) is 0 Å². The summed E-state index contributed by atoms with van der Waals surface area (Å²) in [6.07, 6.45) is 0.926. The average Bonchev–Trinajstić information content (AvgIpc) is 3.46. The summed E-state index contributed by atoms with van der Waals surface area (Å²) in [6.45, 7) is 4.58. The number of aliphatic hydroxyl groups is 2. The lowest BCUT2D eigenvalue weighted by atomic mass is 10.1. The summed E-state index contributed by atoms with van der Waals surface area (Å²) in [5, 5.41) is 31.6. The number of benzene rings is 1. The lowest BCUT2D eigenvalue weighted by Crippen LogP contribution is -2.24. The minimum absolute atomic E-state index is 0.154. The summed E-state index contributed by atoms with van der Waals surface area (Å²) in [6, 6.07) is 12.6. The van der Waals surface area contributed by atoms with Gasteiger partial charge in [0.25, 0.3) is 0 Å². The van der Waals surface area contributed by atoms with E-state index in [2.05, 4.69) is 81.3 Å². The van der Waals surface area contributed by atoms with Gasteiger partial charge in [-0.1, -0.05) is 44.2 Å². The van der Waals surface area contributed by atoms with Crippen molar-refractivity contribution in [3.05, 3.63) is 59.1 Å². The van der Waals surface area contributed by atoms with Gasteiger partial charge in [-0.25, -0.2) is 0 Å². The lowest BCUT2D eigenvalue weighted by Gasteiger charge is -2.13. The van der Waals surface area contributed by atoms with Crippen LogP contribution in [-0.4, -0.2) is 49.1 Å². The SMILES string of the molecule is CC(C)c1cnn2c(NCc3ccc(-c4cccs4)cc3)nc(NC[C@@H](O)CO)nc12. The molecule has 0 amide bonds. The van der Waals surface area contributed by atoms with Crippen molar-refractivity contribution in [1.82, 2.24) is 19.6 Å². The highest BCUT2D eigenvalue weighted by atomic mass is 32.1. The van der Waals surface area contributed by atoms with Gasteiger partial charge in [0.15, 0.2) is 5.65 Å². The fourth-order valence-corrected chi connectivity index (χ4v) is 3.91. The number of nitrogens with one attached hydrogen (secondary N) is 2. The molecule has 0 bridgehead atoms. The Bertz CT molecular complexity index is 1130. The molecule has 3 aromatic heterocycles. The number of hydrogen-bond donors (Lipinski definition) is 4. The van der Waals surface area contributed by atoms with Crippen molar-refractivity contribution in [3.8, 4) is 10.4 Å². The van der Waals surface area contributed by atoms with Crippen molar-refractivity contribution in [2.24, 2.45) is 0 Å². The normalized spacial score (nSPS) is 12.4. The molecule has 0 fully saturated rings. The highest BCUT2D eigenvalue weighted by Crippen LogP contribution is 2.25. The van der Waals surface area contributed by atoms with Crippen LogP contribution in [0.4, 0.5) is 11.9 Å². The van der Waals surface area contributed by atoms with Gasteiger partial charge in [-0.2, -0.15) is 19.6 Å². The summed E-state index contributed by atoms with van der Waals surface area (Å²) in [5.74, 6) is 1.18. The van der Waals surface area contributed by atoms with Gasteiger partial charge in [-0.05, 0) is 28.5 Å². The van der Waals surface area contributed by atoms with Crippen LogP contribution in [0, 0.1) is 0 Å². The van der Waals surface area contributed by atoms with Crippen molar-refractivity contribution in [1.29, 1.82) is 0 Å². The summed E-state index contributed by atoms with van der Waals surface area (Å²) in [7, 11) is 0. The van der Waals surface area contributed by atoms with E-state index in [9.17, 15) is 5.11 Å². The van der Waals surface area contributed by atoms with E-state index in [0.717, 1.165) is 11.1 Å². The van der Waals surface area contributed by atoms with E-state index in [1.807, 2.05) is 6.20 Å². The van der Waals surface area contributed by atoms with Gasteiger partial charge in [-0.15, -0.1) is 11.3 Å². The third-order valence-corrected chi connectivity index (χ3v) is 5.85. The summed E-state index contributed by atoms with van der Waals surface area (Å²) >= 11 is 1.72. The van der Waals surface area contributed by atoms with Crippen molar-refractivity contribution in [2.75, 3.05) is 23.8 Å². The summed E-state index contributed by atoms with van der Waals surface area (Å²) in [4.78, 5) is 10.3. The molecule has 9 heteroatoms. The smallest absolute Gasteiger partial charge is 0.229 e. The van der Waals surface area contributed by atoms with Crippen molar-refractivity contribution >= 4 is 28.9 Å². The van der Waals surface area contributed by atoms with E-state index in [0.29, 0.717) is 24.1 Å². The zero-order valence-corrected chi connectivity index (χ0v) is 18.3. The molecule has 3 heterocycles. The molecule has 8 nitrogen and oxygen atoms in total. The lowest BCUT2D eigenvalue weighted by molar-refractivity contribution is 0.105. The standard InChI is InChI=1S/C22H26N6O2S/c1-14(2)18-12-25-28-20(18)26-21(23-11-17(30)13-29)27-22(28)24-10-15-5-7-16(8-6-15)19-4-3-9-31-19/h3-9,12,14,17,29-30H,10-11,13H2,1-2H3,(H2,23,24,26,27)/t17-/m1/s1. The average molecular weight is 439 g/mol. The third-order valence-electron chi connectivity index (χ3n) is 4.93. The van der Waals surface area contributed by atoms with Crippen LogP contribution in [0.3, 0.4) is 0 Å². The molecule has 0 saturated heterocycles. The predicted molar refractivity (Wildman–Crippen MR) is 124 cm³/mol. The third kappa shape index (κ3) is 4.84. The van der Waals surface area contributed by atoms with Gasteiger partial charge < -0.3 is 20.8 Å². The first-order chi connectivity index (χ1) is 15.0. The fraction of sp³-hybridized carbons (Fsp3) is 0.318. The number of rotatable bonds is 9. The Morgan fingerprint density at radius 2 is 1.90 bits per heavy atom. The molecule has 0 radical (unpaired) electrons. The molecule has 31 heavy (non-hydrogen) atoms. The molecule has 0 aliphatic carbocycles. The van der Waals surface area contributed by atoms with E-state index >= 15 is 0 Å². The maximum atomic E-state index is 9.65. The van der Waals surface area contributed by atoms with Crippen LogP contribution in [0.1, 0.15) is 30.9 Å². The molecule has 4 rings (SSSR count). The van der Waals surface area contributed by atoms with Crippen LogP contribution in [-0.2, 0) is 6.54 Å². The molecule has 0 aliphatic rings. The number of nitrogens with zero attached hydrogens (tertiary/aromatic N) is 4. The zero-order chi connectivity index (χ0) is 21.8. The Hall–Kier alpha value is -3.01. The Morgan fingerprint density at radius 1 is 1.10 bits per heavy atom. The van der Waals surface area contributed by atoms with E-state index < -0.39 is 6.10 Å². The molecular formula is C22H26N6O2S. The number of anilines is 2. The van der Waals surface area contributed by atoms with Crippen LogP contribution in [0.2, 0.25) is 0 Å². The number of hydrogen-bond acceptors (Lipinski definition) is 8. The first-order valence-electron chi connectivity index (χ1n) is 10.2. The maximum absolute atomic E-state index is 9.65. The van der Waals surface area contributed by atoms with E-state index in [1.54, 1.807) is 15.9 Å². The van der Waals surface area contributed by atoms with Crippen LogP contribution in [0.5, 0.6) is 0 Å². The zero-order valence-electron chi connectivity index (χ0n) is 17.5. The maximum Gasteiger partial charge on any atom is 0.229 e. The van der Waals surface area contributed by atoms with Gasteiger partial charge in [0.2, 0.25) is 11.9 Å². The molecule has 4 N–H and O–H groups in total. The number of aliphatic hydroxyl groups excluding tert-OH is 2. The quantitative estimate of drug-likeness (QED) is 0.317. The second-order valence-corrected chi connectivity index (χ2v) is 8.55. The second kappa shape index (κ2) is 9.42. The van der Waals surface area contributed by atoms with Gasteiger partial charge in [-0.3, -0.25) is 0 Å². The predicted octanol–water partition coefficient (Wildman–Crippen LogP) is 3.35. The Kier molecular flexibility index (Phi) is 6.45. The first-order valence-corrected chi connectivity index (χ1v) is 11.1. The Labute approximate surface area is 184 Å². The Balaban J connectivity index is 1.56. The minimum atomic E-state index is -0.882. The van der Waals surface area contributed by atoms with Gasteiger partial charge in [0.1, 0.15) is 0 Å². The summed E-state index contributed by atoms with van der Waals surface area (Å²) in [5.41, 5.74) is 4.04. The van der Waals surface area contributed by atoms with E-state index in [1.165, 1.54) is 10.4 Å². The van der Waals surface area contributed by atoms with Crippen LogP contribution < -0.4 is 10.6 Å².